The van der Waals surface area contributed by atoms with E-state index in [1.165, 1.54) is 10.5 Å². The van der Waals surface area contributed by atoms with Gasteiger partial charge in [-0.15, -0.1) is 10.2 Å². The molecule has 0 spiro atoms. The second-order valence-electron chi connectivity index (χ2n) is 6.00. The third kappa shape index (κ3) is 3.92. The van der Waals surface area contributed by atoms with Crippen LogP contribution in [0.5, 0.6) is 0 Å². The molecule has 26 heavy (non-hydrogen) atoms. The minimum Gasteiger partial charge on any atom is -0.369 e. The number of alkyl halides is 3. The molecule has 11 heteroatoms. The summed E-state index contributed by atoms with van der Waals surface area (Å²) >= 11 is 1.00. The van der Waals surface area contributed by atoms with Crippen molar-refractivity contribution in [3.05, 3.63) is 23.9 Å². The summed E-state index contributed by atoms with van der Waals surface area (Å²) < 4.78 is 39.8. The molecule has 2 N–H and O–H groups in total. The quantitative estimate of drug-likeness (QED) is 0.804. The van der Waals surface area contributed by atoms with Crippen LogP contribution in [0.3, 0.4) is 0 Å². The van der Waals surface area contributed by atoms with Crippen LogP contribution in [-0.4, -0.2) is 50.2 Å². The summed E-state index contributed by atoms with van der Waals surface area (Å²) in [5, 5.41) is 7.85. The van der Waals surface area contributed by atoms with E-state index in [1.54, 1.807) is 4.90 Å². The summed E-state index contributed by atoms with van der Waals surface area (Å²) in [4.78, 5) is 25.2. The third-order valence-corrected chi connectivity index (χ3v) is 5.13. The predicted molar refractivity (Wildman–Crippen MR) is 87.2 cm³/mol. The Balaban J connectivity index is 1.69. The fourth-order valence-corrected chi connectivity index (χ4v) is 3.61. The standard InChI is InChI=1S/C15H16F3N5O2S/c16-15(17,18)10-3-4-11-20-21-14(23(11)7-10)26-8-12(24)22-5-1-2-9(6-22)13(19)25/h3-4,7,9H,1-2,5-6,8H2,(H2,19,25). The first kappa shape index (κ1) is 18.5. The SMILES string of the molecule is NC(=O)C1CCCN(C(=O)CSc2nnc3ccc(C(F)(F)F)cn23)C1. The van der Waals surface area contributed by atoms with E-state index in [9.17, 15) is 22.8 Å². The molecule has 7 nitrogen and oxygen atoms in total. The number of thioether (sulfide) groups is 1. The molecule has 1 atom stereocenters. The van der Waals surface area contributed by atoms with Gasteiger partial charge in [-0.3, -0.25) is 14.0 Å². The van der Waals surface area contributed by atoms with Gasteiger partial charge in [-0.2, -0.15) is 13.2 Å². The molecule has 0 saturated carbocycles. The summed E-state index contributed by atoms with van der Waals surface area (Å²) in [7, 11) is 0. The molecule has 1 saturated heterocycles. The zero-order valence-corrected chi connectivity index (χ0v) is 14.4. The zero-order chi connectivity index (χ0) is 18.9. The lowest BCUT2D eigenvalue weighted by Crippen LogP contribution is -2.44. The Morgan fingerprint density at radius 3 is 2.77 bits per heavy atom. The van der Waals surface area contributed by atoms with Gasteiger partial charge in [0.25, 0.3) is 0 Å². The van der Waals surface area contributed by atoms with E-state index in [0.29, 0.717) is 19.4 Å². The van der Waals surface area contributed by atoms with Crippen LogP contribution < -0.4 is 5.73 Å². The first-order valence-electron chi connectivity index (χ1n) is 7.87. The van der Waals surface area contributed by atoms with E-state index in [0.717, 1.165) is 24.0 Å². The first-order chi connectivity index (χ1) is 12.3. The van der Waals surface area contributed by atoms with Gasteiger partial charge >= 0.3 is 6.18 Å². The molecule has 3 rings (SSSR count). The van der Waals surface area contributed by atoms with Crippen molar-refractivity contribution in [3.63, 3.8) is 0 Å². The lowest BCUT2D eigenvalue weighted by molar-refractivity contribution is -0.138. The van der Waals surface area contributed by atoms with Gasteiger partial charge in [-0.25, -0.2) is 0 Å². The summed E-state index contributed by atoms with van der Waals surface area (Å²) in [5.41, 5.74) is 4.74. The average Bonchev–Trinajstić information content (AvgIpc) is 3.01. The van der Waals surface area contributed by atoms with Gasteiger partial charge in [0.1, 0.15) is 0 Å². The molecule has 2 aromatic heterocycles. The number of carbonyl (C=O) groups is 2. The minimum atomic E-state index is -4.48. The third-order valence-electron chi connectivity index (χ3n) is 4.20. The fraction of sp³-hybridized carbons (Fsp3) is 0.467. The maximum Gasteiger partial charge on any atom is 0.417 e. The van der Waals surface area contributed by atoms with Crippen LogP contribution in [0.1, 0.15) is 18.4 Å². The zero-order valence-electron chi connectivity index (χ0n) is 13.6. The van der Waals surface area contributed by atoms with Crippen LogP contribution in [0, 0.1) is 5.92 Å². The Bertz CT molecular complexity index is 838. The van der Waals surface area contributed by atoms with E-state index in [-0.39, 0.29) is 34.9 Å². The molecule has 0 radical (unpaired) electrons. The molecule has 0 aliphatic carbocycles. The van der Waals surface area contributed by atoms with Crippen molar-refractivity contribution >= 4 is 29.2 Å². The van der Waals surface area contributed by atoms with Crippen LogP contribution in [0.4, 0.5) is 13.2 Å². The van der Waals surface area contributed by atoms with Crippen molar-refractivity contribution in [2.24, 2.45) is 11.7 Å². The van der Waals surface area contributed by atoms with Crippen LogP contribution in [0.25, 0.3) is 5.65 Å². The topological polar surface area (TPSA) is 93.6 Å². The number of primary amides is 1. The number of fused-ring (bicyclic) bond motifs is 1. The molecule has 1 aliphatic heterocycles. The Hall–Kier alpha value is -2.30. The maximum atomic E-state index is 12.9. The number of amides is 2. The molecular formula is C15H16F3N5O2S. The van der Waals surface area contributed by atoms with Crippen molar-refractivity contribution in [1.29, 1.82) is 0 Å². The van der Waals surface area contributed by atoms with Gasteiger partial charge in [0.2, 0.25) is 11.8 Å². The highest BCUT2D eigenvalue weighted by molar-refractivity contribution is 7.99. The molecule has 1 aliphatic rings. The number of likely N-dealkylation sites (tertiary alicyclic amines) is 1. The number of nitrogens with zero attached hydrogens (tertiary/aromatic N) is 4. The highest BCUT2D eigenvalue weighted by atomic mass is 32.2. The molecule has 3 heterocycles. The van der Waals surface area contributed by atoms with Gasteiger partial charge in [0.15, 0.2) is 10.8 Å². The van der Waals surface area contributed by atoms with E-state index in [2.05, 4.69) is 10.2 Å². The lowest BCUT2D eigenvalue weighted by Gasteiger charge is -2.31. The number of hydrogen-bond acceptors (Lipinski definition) is 5. The molecular weight excluding hydrogens is 371 g/mol. The Morgan fingerprint density at radius 1 is 1.31 bits per heavy atom. The first-order valence-corrected chi connectivity index (χ1v) is 8.86. The maximum absolute atomic E-state index is 12.9. The van der Waals surface area contributed by atoms with Gasteiger partial charge in [-0.05, 0) is 25.0 Å². The van der Waals surface area contributed by atoms with Crippen LogP contribution in [0.15, 0.2) is 23.5 Å². The molecule has 1 unspecified atom stereocenters. The van der Waals surface area contributed by atoms with Crippen molar-refractivity contribution in [2.45, 2.75) is 24.2 Å². The summed E-state index contributed by atoms with van der Waals surface area (Å²) in [6.07, 6.45) is -2.23. The number of nitrogens with two attached hydrogens (primary N) is 1. The molecule has 2 aromatic rings. The molecule has 140 valence electrons. The van der Waals surface area contributed by atoms with E-state index < -0.39 is 17.6 Å². The van der Waals surface area contributed by atoms with Gasteiger partial charge in [0.05, 0.1) is 17.2 Å². The van der Waals surface area contributed by atoms with Gasteiger partial charge < -0.3 is 10.6 Å². The number of carbonyl (C=O) groups excluding carboxylic acids is 2. The monoisotopic (exact) mass is 387 g/mol. The summed E-state index contributed by atoms with van der Waals surface area (Å²) in [5.74, 6) is -1.02. The Kier molecular flexibility index (Phi) is 5.08. The lowest BCUT2D eigenvalue weighted by atomic mass is 9.97. The molecule has 1 fully saturated rings. The fourth-order valence-electron chi connectivity index (χ4n) is 2.79. The van der Waals surface area contributed by atoms with Crippen molar-refractivity contribution in [1.82, 2.24) is 19.5 Å². The largest absolute Gasteiger partial charge is 0.417 e. The Morgan fingerprint density at radius 2 is 2.08 bits per heavy atom. The average molecular weight is 387 g/mol. The highest BCUT2D eigenvalue weighted by Gasteiger charge is 2.31. The van der Waals surface area contributed by atoms with Gasteiger partial charge in [0, 0.05) is 19.3 Å². The molecule has 0 aromatic carbocycles. The van der Waals surface area contributed by atoms with Crippen molar-refractivity contribution in [2.75, 3.05) is 18.8 Å². The second kappa shape index (κ2) is 7.14. The normalized spacial score (nSPS) is 18.3. The number of aromatic nitrogens is 3. The van der Waals surface area contributed by atoms with Crippen LogP contribution in [-0.2, 0) is 15.8 Å². The van der Waals surface area contributed by atoms with E-state index >= 15 is 0 Å². The molecule has 0 bridgehead atoms. The Labute approximate surface area is 150 Å². The van der Waals surface area contributed by atoms with Crippen molar-refractivity contribution in [3.8, 4) is 0 Å². The van der Waals surface area contributed by atoms with Gasteiger partial charge in [-0.1, -0.05) is 11.8 Å². The van der Waals surface area contributed by atoms with E-state index in [1.807, 2.05) is 0 Å². The number of hydrogen-bond donors (Lipinski definition) is 1. The highest BCUT2D eigenvalue weighted by Crippen LogP contribution is 2.30. The minimum absolute atomic E-state index is 0.0114. The predicted octanol–water partition coefficient (Wildman–Crippen LogP) is 1.56. The number of piperidine rings is 1. The number of rotatable bonds is 4. The molecule has 2 amide bonds. The summed E-state index contributed by atoms with van der Waals surface area (Å²) in [6.45, 7) is 0.801. The van der Waals surface area contributed by atoms with Crippen LogP contribution >= 0.6 is 11.8 Å². The van der Waals surface area contributed by atoms with Crippen molar-refractivity contribution < 1.29 is 22.8 Å². The number of halogens is 3. The number of pyridine rings is 1. The van der Waals surface area contributed by atoms with Crippen LogP contribution in [0.2, 0.25) is 0 Å². The summed E-state index contributed by atoms with van der Waals surface area (Å²) in [6, 6.07) is 2.16. The van der Waals surface area contributed by atoms with E-state index in [4.69, 9.17) is 5.73 Å². The second-order valence-corrected chi connectivity index (χ2v) is 6.94. The smallest absolute Gasteiger partial charge is 0.369 e.